The van der Waals surface area contributed by atoms with Gasteiger partial charge in [-0.2, -0.15) is 0 Å². The topological polar surface area (TPSA) is 76.0 Å². The van der Waals surface area contributed by atoms with E-state index < -0.39 is 0 Å². The van der Waals surface area contributed by atoms with Crippen LogP contribution in [0, 0.1) is 20.8 Å². The van der Waals surface area contributed by atoms with Crippen molar-refractivity contribution in [3.8, 4) is 0 Å². The Morgan fingerprint density at radius 1 is 0.912 bits per heavy atom. The number of aromatic nitrogens is 2. The summed E-state index contributed by atoms with van der Waals surface area (Å²) in [7, 11) is 0. The maximum Gasteiger partial charge on any atom is 0.251 e. The van der Waals surface area contributed by atoms with Gasteiger partial charge in [-0.05, 0) is 74.7 Å². The third-order valence-electron chi connectivity index (χ3n) is 6.00. The van der Waals surface area contributed by atoms with Crippen LogP contribution in [0.15, 0.2) is 66.7 Å². The molecule has 0 fully saturated rings. The van der Waals surface area contributed by atoms with E-state index in [1.54, 1.807) is 0 Å². The number of carbonyl (C=O) groups excluding carboxylic acids is 2. The summed E-state index contributed by atoms with van der Waals surface area (Å²) >= 11 is 0. The Balaban J connectivity index is 1.41. The largest absolute Gasteiger partial charge is 0.352 e. The number of aryl methyl sites for hydroxylation is 4. The Morgan fingerprint density at radius 3 is 2.44 bits per heavy atom. The number of benzene rings is 3. The van der Waals surface area contributed by atoms with Crippen LogP contribution >= 0.6 is 0 Å². The summed E-state index contributed by atoms with van der Waals surface area (Å²) in [5, 5.41) is 5.97. The smallest absolute Gasteiger partial charge is 0.251 e. The molecule has 6 heteroatoms. The van der Waals surface area contributed by atoms with Crippen LogP contribution in [-0.4, -0.2) is 27.9 Å². The summed E-state index contributed by atoms with van der Waals surface area (Å²) < 4.78 is 1.97. The SMILES string of the molecule is Cc1ccc(C(=O)NCCCc2nc3ccccc3n2CC(=O)Nc2ccc(C)c(C)c2)cc1. The highest BCUT2D eigenvalue weighted by atomic mass is 16.2. The number of fused-ring (bicyclic) bond motifs is 1. The molecule has 2 amide bonds. The van der Waals surface area contributed by atoms with Crippen LogP contribution in [0.2, 0.25) is 0 Å². The first kappa shape index (κ1) is 23.2. The molecule has 2 N–H and O–H groups in total. The van der Waals surface area contributed by atoms with E-state index in [1.165, 1.54) is 5.56 Å². The first-order valence-corrected chi connectivity index (χ1v) is 11.6. The number of imidazole rings is 1. The van der Waals surface area contributed by atoms with Gasteiger partial charge in [0, 0.05) is 24.2 Å². The highest BCUT2D eigenvalue weighted by Crippen LogP contribution is 2.18. The van der Waals surface area contributed by atoms with E-state index in [-0.39, 0.29) is 18.4 Å². The van der Waals surface area contributed by atoms with E-state index in [0.717, 1.165) is 40.1 Å². The van der Waals surface area contributed by atoms with Crippen molar-refractivity contribution in [2.75, 3.05) is 11.9 Å². The summed E-state index contributed by atoms with van der Waals surface area (Å²) in [6.45, 7) is 6.79. The second-order valence-corrected chi connectivity index (χ2v) is 8.68. The number of nitrogens with zero attached hydrogens (tertiary/aromatic N) is 2. The van der Waals surface area contributed by atoms with E-state index in [4.69, 9.17) is 4.98 Å². The average molecular weight is 455 g/mol. The Kier molecular flexibility index (Phi) is 7.07. The molecule has 0 bridgehead atoms. The summed E-state index contributed by atoms with van der Waals surface area (Å²) in [5.74, 6) is 0.655. The van der Waals surface area contributed by atoms with Gasteiger partial charge in [0.25, 0.3) is 5.91 Å². The molecule has 34 heavy (non-hydrogen) atoms. The van der Waals surface area contributed by atoms with Gasteiger partial charge in [0.15, 0.2) is 0 Å². The molecule has 4 aromatic rings. The maximum atomic E-state index is 12.9. The van der Waals surface area contributed by atoms with E-state index in [0.29, 0.717) is 18.5 Å². The molecular weight excluding hydrogens is 424 g/mol. The highest BCUT2D eigenvalue weighted by molar-refractivity contribution is 5.94. The van der Waals surface area contributed by atoms with Gasteiger partial charge in [0.1, 0.15) is 12.4 Å². The quantitative estimate of drug-likeness (QED) is 0.369. The fourth-order valence-electron chi connectivity index (χ4n) is 3.91. The van der Waals surface area contributed by atoms with Crippen molar-refractivity contribution in [3.05, 3.63) is 94.8 Å². The molecule has 0 saturated heterocycles. The molecule has 3 aromatic carbocycles. The van der Waals surface area contributed by atoms with E-state index in [9.17, 15) is 9.59 Å². The monoisotopic (exact) mass is 454 g/mol. The molecule has 0 atom stereocenters. The molecule has 0 saturated carbocycles. The number of carbonyl (C=O) groups is 2. The molecule has 0 aliphatic carbocycles. The number of hydrogen-bond donors (Lipinski definition) is 2. The van der Waals surface area contributed by atoms with Gasteiger partial charge in [-0.1, -0.05) is 35.9 Å². The zero-order chi connectivity index (χ0) is 24.1. The standard InChI is InChI=1S/C28H30N4O2/c1-19-10-13-22(14-11-19)28(34)29-16-6-9-26-31-24-7-4-5-8-25(24)32(26)18-27(33)30-23-15-12-20(2)21(3)17-23/h4-5,7-8,10-15,17H,6,9,16,18H2,1-3H3,(H,29,34)(H,30,33). The molecule has 1 heterocycles. The average Bonchev–Trinajstić information content (AvgIpc) is 3.16. The van der Waals surface area contributed by atoms with Crippen molar-refractivity contribution in [3.63, 3.8) is 0 Å². The Hall–Kier alpha value is -3.93. The molecule has 0 radical (unpaired) electrons. The molecule has 0 aliphatic rings. The second-order valence-electron chi connectivity index (χ2n) is 8.68. The Labute approximate surface area is 200 Å². The summed E-state index contributed by atoms with van der Waals surface area (Å²) in [5.41, 5.74) is 6.68. The van der Waals surface area contributed by atoms with Crippen molar-refractivity contribution in [1.29, 1.82) is 0 Å². The lowest BCUT2D eigenvalue weighted by atomic mass is 10.1. The van der Waals surface area contributed by atoms with Gasteiger partial charge in [-0.3, -0.25) is 9.59 Å². The summed E-state index contributed by atoms with van der Waals surface area (Å²) in [6, 6.07) is 21.3. The maximum absolute atomic E-state index is 12.9. The normalized spacial score (nSPS) is 10.9. The van der Waals surface area contributed by atoms with Gasteiger partial charge >= 0.3 is 0 Å². The lowest BCUT2D eigenvalue weighted by molar-refractivity contribution is -0.116. The van der Waals surface area contributed by atoms with E-state index >= 15 is 0 Å². The minimum Gasteiger partial charge on any atom is -0.352 e. The molecule has 0 unspecified atom stereocenters. The van der Waals surface area contributed by atoms with Crippen LogP contribution < -0.4 is 10.6 Å². The van der Waals surface area contributed by atoms with Gasteiger partial charge in [0.05, 0.1) is 11.0 Å². The van der Waals surface area contributed by atoms with Crippen molar-refractivity contribution < 1.29 is 9.59 Å². The number of amides is 2. The van der Waals surface area contributed by atoms with Gasteiger partial charge in [-0.15, -0.1) is 0 Å². The summed E-state index contributed by atoms with van der Waals surface area (Å²) in [6.07, 6.45) is 1.37. The second kappa shape index (κ2) is 10.3. The predicted molar refractivity (Wildman–Crippen MR) is 136 cm³/mol. The number of anilines is 1. The third-order valence-corrected chi connectivity index (χ3v) is 6.00. The molecule has 0 aliphatic heterocycles. The zero-order valence-corrected chi connectivity index (χ0v) is 19.9. The van der Waals surface area contributed by atoms with Gasteiger partial charge in [-0.25, -0.2) is 4.98 Å². The number of nitrogens with one attached hydrogen (secondary N) is 2. The molecule has 4 rings (SSSR count). The lowest BCUT2D eigenvalue weighted by Gasteiger charge is -2.11. The van der Waals surface area contributed by atoms with Crippen LogP contribution in [0.3, 0.4) is 0 Å². The van der Waals surface area contributed by atoms with Crippen molar-refractivity contribution in [1.82, 2.24) is 14.9 Å². The fourth-order valence-corrected chi connectivity index (χ4v) is 3.91. The highest BCUT2D eigenvalue weighted by Gasteiger charge is 2.14. The number of para-hydroxylation sites is 2. The molecule has 6 nitrogen and oxygen atoms in total. The first-order valence-electron chi connectivity index (χ1n) is 11.6. The van der Waals surface area contributed by atoms with Crippen LogP contribution in [0.5, 0.6) is 0 Å². The third kappa shape index (κ3) is 5.52. The van der Waals surface area contributed by atoms with Crippen LogP contribution in [-0.2, 0) is 17.8 Å². The van der Waals surface area contributed by atoms with Crippen molar-refractivity contribution in [2.24, 2.45) is 0 Å². The molecule has 1 aromatic heterocycles. The van der Waals surface area contributed by atoms with Gasteiger partial charge < -0.3 is 15.2 Å². The van der Waals surface area contributed by atoms with E-state index in [2.05, 4.69) is 10.6 Å². The van der Waals surface area contributed by atoms with Crippen LogP contribution in [0.1, 0.15) is 39.3 Å². The minimum atomic E-state index is -0.0969. The van der Waals surface area contributed by atoms with Crippen molar-refractivity contribution >= 4 is 28.5 Å². The lowest BCUT2D eigenvalue weighted by Crippen LogP contribution is -2.25. The molecule has 174 valence electrons. The van der Waals surface area contributed by atoms with E-state index in [1.807, 2.05) is 92.1 Å². The van der Waals surface area contributed by atoms with Crippen LogP contribution in [0.4, 0.5) is 5.69 Å². The Morgan fingerprint density at radius 2 is 1.68 bits per heavy atom. The Bertz CT molecular complexity index is 1320. The van der Waals surface area contributed by atoms with Crippen LogP contribution in [0.25, 0.3) is 11.0 Å². The summed E-state index contributed by atoms with van der Waals surface area (Å²) in [4.78, 5) is 30.0. The van der Waals surface area contributed by atoms with Gasteiger partial charge in [0.2, 0.25) is 5.91 Å². The van der Waals surface area contributed by atoms with Crippen molar-refractivity contribution in [2.45, 2.75) is 40.2 Å². The molecule has 0 spiro atoms. The number of rotatable bonds is 8. The predicted octanol–water partition coefficient (Wildman–Crippen LogP) is 4.96. The molecular formula is C28H30N4O2. The minimum absolute atomic E-state index is 0.0822. The zero-order valence-electron chi connectivity index (χ0n) is 19.9. The number of hydrogen-bond acceptors (Lipinski definition) is 3. The fraction of sp³-hybridized carbons (Fsp3) is 0.250. The first-order chi connectivity index (χ1) is 16.4.